The fourth-order valence-electron chi connectivity index (χ4n) is 3.46. The van der Waals surface area contributed by atoms with Gasteiger partial charge < -0.3 is 4.90 Å². The van der Waals surface area contributed by atoms with Gasteiger partial charge in [0.2, 0.25) is 5.91 Å². The van der Waals surface area contributed by atoms with Gasteiger partial charge >= 0.3 is 6.18 Å². The molecule has 1 amide bonds. The number of rotatable bonds is 7. The zero-order valence-corrected chi connectivity index (χ0v) is 17.8. The van der Waals surface area contributed by atoms with Crippen molar-refractivity contribution in [3.05, 3.63) is 76.9 Å². The summed E-state index contributed by atoms with van der Waals surface area (Å²) in [6.07, 6.45) is -1.10. The van der Waals surface area contributed by atoms with Crippen LogP contribution in [0.5, 0.6) is 0 Å². The molecule has 2 heterocycles. The Balaban J connectivity index is 1.63. The van der Waals surface area contributed by atoms with Gasteiger partial charge in [-0.15, -0.1) is 0 Å². The maximum absolute atomic E-state index is 12.8. The number of aromatic nitrogens is 3. The second-order valence-corrected chi connectivity index (χ2v) is 7.49. The molecule has 0 saturated carbocycles. The second-order valence-electron chi connectivity index (χ2n) is 7.49. The van der Waals surface area contributed by atoms with E-state index in [1.54, 1.807) is 22.8 Å². The first kappa shape index (κ1) is 22.5. The molecule has 0 aliphatic rings. The number of aryl methyl sites for hydroxylation is 1. The van der Waals surface area contributed by atoms with Gasteiger partial charge in [-0.25, -0.2) is 4.68 Å². The van der Waals surface area contributed by atoms with Crippen molar-refractivity contribution in [1.29, 1.82) is 0 Å². The molecule has 3 rings (SSSR count). The van der Waals surface area contributed by atoms with Crippen LogP contribution in [0.15, 0.2) is 48.7 Å². The van der Waals surface area contributed by atoms with Gasteiger partial charge in [0.15, 0.2) is 0 Å². The third-order valence-corrected chi connectivity index (χ3v) is 5.32. The molecule has 3 aromatic rings. The van der Waals surface area contributed by atoms with Gasteiger partial charge in [0, 0.05) is 44.0 Å². The van der Waals surface area contributed by atoms with Gasteiger partial charge in [0.1, 0.15) is 0 Å². The minimum absolute atomic E-state index is 0.0250. The van der Waals surface area contributed by atoms with Crippen molar-refractivity contribution in [3.8, 4) is 5.69 Å². The molecule has 0 radical (unpaired) electrons. The Hall–Kier alpha value is -3.16. The largest absolute Gasteiger partial charge is 0.416 e. The molecule has 0 N–H and O–H groups in total. The highest BCUT2D eigenvalue weighted by molar-refractivity contribution is 5.76. The molecule has 5 nitrogen and oxygen atoms in total. The van der Waals surface area contributed by atoms with Crippen molar-refractivity contribution in [2.45, 2.75) is 39.3 Å². The number of hydrogen-bond acceptors (Lipinski definition) is 3. The molecular weight excluding hydrogens is 405 g/mol. The van der Waals surface area contributed by atoms with Crippen molar-refractivity contribution < 1.29 is 18.0 Å². The highest BCUT2D eigenvalue weighted by Gasteiger charge is 2.30. The number of halogens is 3. The molecule has 164 valence electrons. The number of carbonyl (C=O) groups is 1. The van der Waals surface area contributed by atoms with E-state index in [1.807, 2.05) is 32.0 Å². The SMILES string of the molecule is Cc1nn(-c2ccc(C(F)(F)F)cc2)c(C)c1CCC(=O)N(C)CCc1ccccn1. The number of nitrogens with zero attached hydrogens (tertiary/aromatic N) is 4. The average Bonchev–Trinajstić information content (AvgIpc) is 3.03. The monoisotopic (exact) mass is 430 g/mol. The molecule has 1 aromatic carbocycles. The van der Waals surface area contributed by atoms with Crippen LogP contribution >= 0.6 is 0 Å². The summed E-state index contributed by atoms with van der Waals surface area (Å²) in [5, 5.41) is 4.47. The van der Waals surface area contributed by atoms with Crippen molar-refractivity contribution >= 4 is 5.91 Å². The van der Waals surface area contributed by atoms with E-state index >= 15 is 0 Å². The van der Waals surface area contributed by atoms with E-state index in [1.165, 1.54) is 12.1 Å². The number of pyridine rings is 1. The zero-order valence-electron chi connectivity index (χ0n) is 17.8. The molecule has 0 spiro atoms. The maximum atomic E-state index is 12.8. The first-order valence-electron chi connectivity index (χ1n) is 10.0. The highest BCUT2D eigenvalue weighted by atomic mass is 19.4. The van der Waals surface area contributed by atoms with Crippen LogP contribution in [0, 0.1) is 13.8 Å². The van der Waals surface area contributed by atoms with E-state index in [9.17, 15) is 18.0 Å². The van der Waals surface area contributed by atoms with Gasteiger partial charge in [-0.3, -0.25) is 9.78 Å². The van der Waals surface area contributed by atoms with Crippen LogP contribution in [-0.4, -0.2) is 39.2 Å². The minimum Gasteiger partial charge on any atom is -0.345 e. The fourth-order valence-corrected chi connectivity index (χ4v) is 3.46. The van der Waals surface area contributed by atoms with Gasteiger partial charge in [-0.1, -0.05) is 6.07 Å². The molecule has 0 bridgehead atoms. The van der Waals surface area contributed by atoms with E-state index in [-0.39, 0.29) is 5.91 Å². The lowest BCUT2D eigenvalue weighted by Crippen LogP contribution is -2.29. The van der Waals surface area contributed by atoms with Gasteiger partial charge in [-0.2, -0.15) is 18.3 Å². The normalized spacial score (nSPS) is 11.5. The van der Waals surface area contributed by atoms with E-state index in [2.05, 4.69) is 10.1 Å². The number of amides is 1. The van der Waals surface area contributed by atoms with E-state index in [0.29, 0.717) is 31.5 Å². The Morgan fingerprint density at radius 2 is 1.77 bits per heavy atom. The summed E-state index contributed by atoms with van der Waals surface area (Å²) in [7, 11) is 1.77. The van der Waals surface area contributed by atoms with Crippen molar-refractivity contribution in [1.82, 2.24) is 19.7 Å². The first-order valence-corrected chi connectivity index (χ1v) is 10.0. The molecule has 0 aliphatic carbocycles. The summed E-state index contributed by atoms with van der Waals surface area (Å²) in [6.45, 7) is 4.29. The zero-order chi connectivity index (χ0) is 22.6. The Labute approximate surface area is 179 Å². The van der Waals surface area contributed by atoms with Crippen molar-refractivity contribution in [3.63, 3.8) is 0 Å². The molecular formula is C23H25F3N4O. The van der Waals surface area contributed by atoms with Crippen molar-refractivity contribution in [2.75, 3.05) is 13.6 Å². The third-order valence-electron chi connectivity index (χ3n) is 5.32. The Morgan fingerprint density at radius 3 is 2.39 bits per heavy atom. The third kappa shape index (κ3) is 5.51. The van der Waals surface area contributed by atoms with E-state index in [4.69, 9.17) is 0 Å². The molecule has 0 saturated heterocycles. The van der Waals surface area contributed by atoms with Gasteiger partial charge in [0.25, 0.3) is 0 Å². The molecule has 8 heteroatoms. The fraction of sp³-hybridized carbons (Fsp3) is 0.348. The second kappa shape index (κ2) is 9.32. The van der Waals surface area contributed by atoms with Crippen LogP contribution in [0.1, 0.15) is 34.6 Å². The lowest BCUT2D eigenvalue weighted by molar-refractivity contribution is -0.137. The summed E-state index contributed by atoms with van der Waals surface area (Å²) in [5.74, 6) is 0.0250. The standard InChI is InChI=1S/C23H25F3N4O/c1-16-21(11-12-22(31)29(3)15-13-19-6-4-5-14-27-19)17(2)30(28-16)20-9-7-18(8-10-20)23(24,25)26/h4-10,14H,11-13,15H2,1-3H3. The Bertz CT molecular complexity index is 1030. The number of likely N-dealkylation sites (N-methyl/N-ethyl adjacent to an activating group) is 1. The Morgan fingerprint density at radius 1 is 1.06 bits per heavy atom. The number of hydrogen-bond donors (Lipinski definition) is 0. The van der Waals surface area contributed by atoms with Crippen LogP contribution in [0.3, 0.4) is 0 Å². The summed E-state index contributed by atoms with van der Waals surface area (Å²) >= 11 is 0. The van der Waals surface area contributed by atoms with Crippen LogP contribution in [0.2, 0.25) is 0 Å². The molecule has 0 fully saturated rings. The van der Waals surface area contributed by atoms with Crippen LogP contribution < -0.4 is 0 Å². The average molecular weight is 430 g/mol. The summed E-state index contributed by atoms with van der Waals surface area (Å²) in [6, 6.07) is 10.6. The summed E-state index contributed by atoms with van der Waals surface area (Å²) in [4.78, 5) is 18.5. The topological polar surface area (TPSA) is 51.0 Å². The lowest BCUT2D eigenvalue weighted by atomic mass is 10.1. The van der Waals surface area contributed by atoms with Crippen LogP contribution in [0.25, 0.3) is 5.69 Å². The number of alkyl halides is 3. The predicted molar refractivity (Wildman–Crippen MR) is 112 cm³/mol. The van der Waals surface area contributed by atoms with E-state index < -0.39 is 11.7 Å². The number of benzene rings is 1. The predicted octanol–water partition coefficient (Wildman–Crippen LogP) is 4.54. The quantitative estimate of drug-likeness (QED) is 0.553. The van der Waals surface area contributed by atoms with Crippen molar-refractivity contribution in [2.24, 2.45) is 0 Å². The maximum Gasteiger partial charge on any atom is 0.416 e. The molecule has 0 aliphatic heterocycles. The minimum atomic E-state index is -4.37. The molecule has 31 heavy (non-hydrogen) atoms. The summed E-state index contributed by atoms with van der Waals surface area (Å²) in [5.41, 5.74) is 3.32. The lowest BCUT2D eigenvalue weighted by Gasteiger charge is -2.17. The Kier molecular flexibility index (Phi) is 6.77. The molecule has 2 aromatic heterocycles. The highest BCUT2D eigenvalue weighted by Crippen LogP contribution is 2.30. The van der Waals surface area contributed by atoms with Crippen LogP contribution in [-0.2, 0) is 23.8 Å². The molecule has 0 unspecified atom stereocenters. The van der Waals surface area contributed by atoms with Gasteiger partial charge in [0.05, 0.1) is 16.9 Å². The summed E-state index contributed by atoms with van der Waals surface area (Å²) < 4.78 is 40.0. The van der Waals surface area contributed by atoms with Crippen LogP contribution in [0.4, 0.5) is 13.2 Å². The smallest absolute Gasteiger partial charge is 0.345 e. The van der Waals surface area contributed by atoms with Gasteiger partial charge in [-0.05, 0) is 62.2 Å². The first-order chi connectivity index (χ1) is 14.7. The number of carbonyl (C=O) groups excluding carboxylic acids is 1. The van der Waals surface area contributed by atoms with E-state index in [0.717, 1.165) is 34.8 Å². The molecule has 0 atom stereocenters.